The molecule has 320 valence electrons. The van der Waals surface area contributed by atoms with Crippen LogP contribution in [0.2, 0.25) is 0 Å². The number of hydrogen-bond donors (Lipinski definition) is 2. The summed E-state index contributed by atoms with van der Waals surface area (Å²) < 4.78 is 5.54. The second-order valence-corrected chi connectivity index (χ2v) is 15.3. The zero-order valence-electron chi connectivity index (χ0n) is 34.7. The summed E-state index contributed by atoms with van der Waals surface area (Å²) in [4.78, 5) is 65.2. The third-order valence-corrected chi connectivity index (χ3v) is 11.5. The molecule has 15 nitrogen and oxygen atoms in total. The zero-order valence-corrected chi connectivity index (χ0v) is 34.7. The Hall–Kier alpha value is -9.37. The highest BCUT2D eigenvalue weighted by Crippen LogP contribution is 2.41. The number of aromatic nitrogens is 4. The van der Waals surface area contributed by atoms with Crippen molar-refractivity contribution in [3.8, 4) is 44.5 Å². The number of benzene rings is 5. The molecule has 3 aromatic heterocycles. The SMILES string of the molecule is CCOC(=O)c1cccc2cccc(-c3c4nc(c(-c5ccc([N+](=O)[O-])cc5)c5ccc([nH]5)c(-c5ccc([N+](=O)[O-])cc5)c5nc(c(-c6ccc([N+](=O)[O-])cc6)c6ccc3[nH]6)C=C5)C=C4)c12. The zero-order chi connectivity index (χ0) is 45.6. The van der Waals surface area contributed by atoms with Crippen molar-refractivity contribution >= 4 is 80.2 Å². The van der Waals surface area contributed by atoms with Gasteiger partial charge in [0.15, 0.2) is 0 Å². The van der Waals surface area contributed by atoms with Crippen LogP contribution in [0.15, 0.2) is 133 Å². The first-order chi connectivity index (χ1) is 32.1. The normalized spacial score (nSPS) is 11.8. The van der Waals surface area contributed by atoms with Crippen molar-refractivity contribution in [3.63, 3.8) is 0 Å². The second kappa shape index (κ2) is 16.4. The molecule has 0 saturated carbocycles. The molecule has 0 aliphatic carbocycles. The summed E-state index contributed by atoms with van der Waals surface area (Å²) in [5.41, 5.74) is 9.75. The molecule has 0 atom stereocenters. The number of hydrogen-bond acceptors (Lipinski definition) is 10. The Bertz CT molecular complexity index is 3530. The van der Waals surface area contributed by atoms with Gasteiger partial charge in [-0.05, 0) is 126 Å². The quantitative estimate of drug-likeness (QED) is 0.0795. The van der Waals surface area contributed by atoms with Crippen LogP contribution in [0, 0.1) is 30.3 Å². The third-order valence-electron chi connectivity index (χ3n) is 11.5. The van der Waals surface area contributed by atoms with Crippen LogP contribution < -0.4 is 0 Å². The maximum absolute atomic E-state index is 13.6. The lowest BCUT2D eigenvalue weighted by atomic mass is 9.93. The molecule has 2 aliphatic heterocycles. The van der Waals surface area contributed by atoms with Crippen molar-refractivity contribution in [1.29, 1.82) is 0 Å². The first-order valence-corrected chi connectivity index (χ1v) is 20.7. The van der Waals surface area contributed by atoms with Gasteiger partial charge in [-0.25, -0.2) is 14.8 Å². The number of esters is 1. The number of carbonyl (C=O) groups excluding carboxylic acids is 1. The molecule has 0 spiro atoms. The molecule has 5 heterocycles. The van der Waals surface area contributed by atoms with Crippen LogP contribution in [0.1, 0.15) is 40.1 Å². The first-order valence-electron chi connectivity index (χ1n) is 20.7. The van der Waals surface area contributed by atoms with E-state index in [4.69, 9.17) is 14.7 Å². The monoisotopic (exact) mass is 871 g/mol. The molecule has 2 N–H and O–H groups in total. The fourth-order valence-corrected chi connectivity index (χ4v) is 8.58. The largest absolute Gasteiger partial charge is 0.462 e. The molecule has 15 heteroatoms. The number of H-pyrrole nitrogens is 2. The molecular formula is C51H33N7O8. The highest BCUT2D eigenvalue weighted by Gasteiger charge is 2.23. The van der Waals surface area contributed by atoms with Gasteiger partial charge in [0.2, 0.25) is 0 Å². The number of ether oxygens (including phenoxy) is 1. The summed E-state index contributed by atoms with van der Waals surface area (Å²) in [6.07, 6.45) is 7.44. The van der Waals surface area contributed by atoms with Crippen LogP contribution in [0.5, 0.6) is 0 Å². The van der Waals surface area contributed by atoms with Crippen LogP contribution in [0.3, 0.4) is 0 Å². The van der Waals surface area contributed by atoms with E-state index in [1.54, 1.807) is 55.5 Å². The van der Waals surface area contributed by atoms with Crippen LogP contribution in [-0.4, -0.2) is 47.3 Å². The lowest BCUT2D eigenvalue weighted by Crippen LogP contribution is -2.06. The number of aromatic amines is 2. The van der Waals surface area contributed by atoms with Gasteiger partial charge in [-0.1, -0.05) is 30.3 Å². The lowest BCUT2D eigenvalue weighted by Gasteiger charge is -2.13. The van der Waals surface area contributed by atoms with Gasteiger partial charge in [0, 0.05) is 86.1 Å². The standard InChI is InChI=1S/C51H33N7O8/c1-2-66-51(59)37-8-4-6-29-5-3-7-36(46(29)37)50-44-27-25-42(54-44)48(31-11-17-34(18-12-31)57(62)63)40-23-21-38(52-40)47(30-9-15-33(16-10-30)56(60)61)39-22-24-41(53-39)49(43-26-28-45(50)55-43)32-13-19-35(20-14-32)58(64)65/h3-28,52,55H,2H2,1H3. The molecule has 8 bridgehead atoms. The predicted octanol–water partition coefficient (Wildman–Crippen LogP) is 12.4. The van der Waals surface area contributed by atoms with Crippen LogP contribution in [-0.2, 0) is 4.74 Å². The molecule has 0 amide bonds. The number of fused-ring (bicyclic) bond motifs is 9. The summed E-state index contributed by atoms with van der Waals surface area (Å²) in [7, 11) is 0. The Morgan fingerprint density at radius 2 is 0.864 bits per heavy atom. The van der Waals surface area contributed by atoms with Crippen molar-refractivity contribution in [1.82, 2.24) is 19.9 Å². The predicted molar refractivity (Wildman–Crippen MR) is 254 cm³/mol. The molecular weight excluding hydrogens is 839 g/mol. The number of carbonyl (C=O) groups is 1. The Kier molecular flexibility index (Phi) is 10.1. The molecule has 8 aromatic rings. The summed E-state index contributed by atoms with van der Waals surface area (Å²) in [5, 5.41) is 36.7. The van der Waals surface area contributed by atoms with Crippen LogP contribution in [0.4, 0.5) is 17.1 Å². The number of nitrogens with one attached hydrogen (secondary N) is 2. The Morgan fingerprint density at radius 1 is 0.500 bits per heavy atom. The Labute approximate surface area is 373 Å². The van der Waals surface area contributed by atoms with Crippen molar-refractivity contribution in [2.75, 3.05) is 6.61 Å². The van der Waals surface area contributed by atoms with E-state index in [1.807, 2.05) is 72.8 Å². The number of rotatable bonds is 9. The maximum atomic E-state index is 13.6. The molecule has 0 fully saturated rings. The Balaban J connectivity index is 1.38. The van der Waals surface area contributed by atoms with Crippen molar-refractivity contribution in [3.05, 3.63) is 192 Å². The van der Waals surface area contributed by atoms with Gasteiger partial charge in [0.25, 0.3) is 17.1 Å². The molecule has 5 aromatic carbocycles. The van der Waals surface area contributed by atoms with E-state index in [2.05, 4.69) is 9.97 Å². The number of nitro benzene ring substituents is 3. The summed E-state index contributed by atoms with van der Waals surface area (Å²) >= 11 is 0. The van der Waals surface area contributed by atoms with Gasteiger partial charge in [-0.3, -0.25) is 30.3 Å². The van der Waals surface area contributed by atoms with Gasteiger partial charge in [0.1, 0.15) is 0 Å². The highest BCUT2D eigenvalue weighted by atomic mass is 16.6. The van der Waals surface area contributed by atoms with Crippen LogP contribution in [0.25, 0.3) is 102 Å². The Morgan fingerprint density at radius 3 is 1.24 bits per heavy atom. The maximum Gasteiger partial charge on any atom is 0.338 e. The lowest BCUT2D eigenvalue weighted by molar-refractivity contribution is -0.385. The molecule has 2 aliphatic rings. The van der Waals surface area contributed by atoms with Gasteiger partial charge in [0.05, 0.1) is 49.7 Å². The minimum atomic E-state index is -0.485. The van der Waals surface area contributed by atoms with E-state index in [-0.39, 0.29) is 23.7 Å². The minimum absolute atomic E-state index is 0.0841. The highest BCUT2D eigenvalue weighted by molar-refractivity contribution is 6.13. The smallest absolute Gasteiger partial charge is 0.338 e. The summed E-state index contributed by atoms with van der Waals surface area (Å²) in [6, 6.07) is 37.3. The average Bonchev–Trinajstić information content (AvgIpc) is 4.18. The summed E-state index contributed by atoms with van der Waals surface area (Å²) in [6.45, 7) is 1.93. The molecule has 10 rings (SSSR count). The van der Waals surface area contributed by atoms with E-state index in [0.717, 1.165) is 5.39 Å². The average molecular weight is 872 g/mol. The van der Waals surface area contributed by atoms with Gasteiger partial charge in [-0.2, -0.15) is 0 Å². The number of nitro groups is 3. The number of non-ortho nitro benzene ring substituents is 3. The minimum Gasteiger partial charge on any atom is -0.462 e. The van der Waals surface area contributed by atoms with E-state index < -0.39 is 20.7 Å². The summed E-state index contributed by atoms with van der Waals surface area (Å²) in [5.74, 6) is -0.485. The van der Waals surface area contributed by atoms with E-state index >= 15 is 0 Å². The van der Waals surface area contributed by atoms with Crippen molar-refractivity contribution < 1.29 is 24.3 Å². The second-order valence-electron chi connectivity index (χ2n) is 15.3. The topological polar surface area (TPSA) is 213 Å². The third kappa shape index (κ3) is 7.21. The fourth-order valence-electron chi connectivity index (χ4n) is 8.58. The van der Waals surface area contributed by atoms with E-state index in [0.29, 0.717) is 100 Å². The van der Waals surface area contributed by atoms with E-state index in [9.17, 15) is 35.1 Å². The fraction of sp³-hybridized carbons (Fsp3) is 0.0392. The molecule has 0 unspecified atom stereocenters. The van der Waals surface area contributed by atoms with Crippen molar-refractivity contribution in [2.45, 2.75) is 6.92 Å². The van der Waals surface area contributed by atoms with Crippen LogP contribution >= 0.6 is 0 Å². The number of nitrogens with zero attached hydrogens (tertiary/aromatic N) is 5. The molecule has 0 saturated heterocycles. The van der Waals surface area contributed by atoms with Gasteiger partial charge >= 0.3 is 5.97 Å². The van der Waals surface area contributed by atoms with Gasteiger partial charge in [-0.15, -0.1) is 0 Å². The molecule has 66 heavy (non-hydrogen) atoms. The van der Waals surface area contributed by atoms with Crippen molar-refractivity contribution in [2.24, 2.45) is 0 Å². The van der Waals surface area contributed by atoms with E-state index in [1.165, 1.54) is 36.4 Å². The van der Waals surface area contributed by atoms with Gasteiger partial charge < -0.3 is 14.7 Å². The molecule has 0 radical (unpaired) electrons. The first kappa shape index (κ1) is 40.7.